The monoisotopic (exact) mass is 393 g/mol. The van der Waals surface area contributed by atoms with Gasteiger partial charge in [0.15, 0.2) is 17.2 Å². The maximum atomic E-state index is 13.3. The molecular formula is C19H17F2NO4S. The molecule has 1 aliphatic rings. The number of amides is 1. The number of anilines is 1. The van der Waals surface area contributed by atoms with Crippen LogP contribution in [0.5, 0.6) is 0 Å². The number of aliphatic hydroxyl groups is 1. The Morgan fingerprint density at radius 3 is 2.48 bits per heavy atom. The van der Waals surface area contributed by atoms with Gasteiger partial charge >= 0.3 is 5.97 Å². The van der Waals surface area contributed by atoms with Crippen LogP contribution in [0.25, 0.3) is 0 Å². The molecule has 0 heterocycles. The van der Waals surface area contributed by atoms with Gasteiger partial charge in [0.1, 0.15) is 0 Å². The highest BCUT2D eigenvalue weighted by atomic mass is 32.2. The van der Waals surface area contributed by atoms with Crippen LogP contribution in [-0.4, -0.2) is 32.9 Å². The van der Waals surface area contributed by atoms with Gasteiger partial charge in [0.25, 0.3) is 5.91 Å². The lowest BCUT2D eigenvalue weighted by molar-refractivity contribution is -0.166. The first-order valence-electron chi connectivity index (χ1n) is 8.17. The standard InChI is InChI=1S/C19H17F2NO4S/c1-10-2-3-11(17(23)22-12-4-5-14(20)15(21)7-12)6-16(10)27-13-8-19(26,9-13)18(24)25/h2-7,13,26H,8-9H2,1H3,(H,22,23)(H,24,25). The van der Waals surface area contributed by atoms with Crippen LogP contribution < -0.4 is 5.32 Å². The number of benzene rings is 2. The summed E-state index contributed by atoms with van der Waals surface area (Å²) in [4.78, 5) is 24.1. The highest BCUT2D eigenvalue weighted by molar-refractivity contribution is 8.00. The fraction of sp³-hybridized carbons (Fsp3) is 0.263. The summed E-state index contributed by atoms with van der Waals surface area (Å²) in [5, 5.41) is 21.2. The average Bonchev–Trinajstić information content (AvgIpc) is 2.58. The van der Waals surface area contributed by atoms with Gasteiger partial charge in [0, 0.05) is 27.5 Å². The average molecular weight is 393 g/mol. The number of nitrogens with one attached hydrogen (secondary N) is 1. The second kappa shape index (κ2) is 7.28. The predicted octanol–water partition coefficient (Wildman–Crippen LogP) is 3.60. The van der Waals surface area contributed by atoms with Gasteiger partial charge in [-0.1, -0.05) is 6.07 Å². The Labute approximate surface area is 158 Å². The van der Waals surface area contributed by atoms with E-state index in [9.17, 15) is 23.5 Å². The van der Waals surface area contributed by atoms with Gasteiger partial charge in [-0.05, 0) is 49.6 Å². The zero-order valence-corrected chi connectivity index (χ0v) is 15.1. The Balaban J connectivity index is 1.70. The van der Waals surface area contributed by atoms with E-state index in [0.717, 1.165) is 22.6 Å². The summed E-state index contributed by atoms with van der Waals surface area (Å²) in [6.45, 7) is 1.86. The smallest absolute Gasteiger partial charge is 0.335 e. The van der Waals surface area contributed by atoms with Crippen LogP contribution in [0.1, 0.15) is 28.8 Å². The molecule has 0 unspecified atom stereocenters. The molecule has 1 fully saturated rings. The minimum absolute atomic E-state index is 0.0608. The Bertz CT molecular complexity index is 913. The van der Waals surface area contributed by atoms with Crippen molar-refractivity contribution < 1.29 is 28.6 Å². The van der Waals surface area contributed by atoms with Gasteiger partial charge in [0.05, 0.1) is 0 Å². The Kier molecular flexibility index (Phi) is 5.21. The van der Waals surface area contributed by atoms with E-state index in [1.165, 1.54) is 17.8 Å². The van der Waals surface area contributed by atoms with Gasteiger partial charge < -0.3 is 15.5 Å². The largest absolute Gasteiger partial charge is 0.479 e. The second-order valence-electron chi connectivity index (χ2n) is 6.55. The molecule has 0 radical (unpaired) electrons. The lowest BCUT2D eigenvalue weighted by Gasteiger charge is -2.39. The van der Waals surface area contributed by atoms with Crippen molar-refractivity contribution in [2.24, 2.45) is 0 Å². The maximum absolute atomic E-state index is 13.3. The van der Waals surface area contributed by atoms with Crippen LogP contribution in [0.4, 0.5) is 14.5 Å². The number of thioether (sulfide) groups is 1. The SMILES string of the molecule is Cc1ccc(C(=O)Nc2ccc(F)c(F)c2)cc1SC1CC(O)(C(=O)O)C1. The maximum Gasteiger partial charge on any atom is 0.335 e. The molecule has 3 rings (SSSR count). The molecule has 0 bridgehead atoms. The topological polar surface area (TPSA) is 86.6 Å². The molecule has 1 aliphatic carbocycles. The number of aryl methyl sites for hydroxylation is 1. The summed E-state index contributed by atoms with van der Waals surface area (Å²) < 4.78 is 26.2. The lowest BCUT2D eigenvalue weighted by Crippen LogP contribution is -2.51. The highest BCUT2D eigenvalue weighted by Gasteiger charge is 2.49. The van der Waals surface area contributed by atoms with Gasteiger partial charge in [-0.15, -0.1) is 11.8 Å². The van der Waals surface area contributed by atoms with Crippen LogP contribution in [-0.2, 0) is 4.79 Å². The van der Waals surface area contributed by atoms with E-state index < -0.39 is 29.1 Å². The molecule has 142 valence electrons. The van der Waals surface area contributed by atoms with Gasteiger partial charge in [-0.25, -0.2) is 13.6 Å². The van der Waals surface area contributed by atoms with Crippen LogP contribution in [0.2, 0.25) is 0 Å². The molecule has 1 saturated carbocycles. The number of rotatable bonds is 5. The summed E-state index contributed by atoms with van der Waals surface area (Å²) in [5.41, 5.74) is -0.289. The van der Waals surface area contributed by atoms with Crippen molar-refractivity contribution in [3.8, 4) is 0 Å². The van der Waals surface area contributed by atoms with E-state index in [0.29, 0.717) is 5.56 Å². The van der Waals surface area contributed by atoms with Crippen LogP contribution in [0.3, 0.4) is 0 Å². The van der Waals surface area contributed by atoms with Crippen LogP contribution in [0.15, 0.2) is 41.3 Å². The normalized spacial score (nSPS) is 21.4. The predicted molar refractivity (Wildman–Crippen MR) is 97.0 cm³/mol. The summed E-state index contributed by atoms with van der Waals surface area (Å²) in [6.07, 6.45) is 0.273. The fourth-order valence-electron chi connectivity index (χ4n) is 2.78. The Morgan fingerprint density at radius 1 is 1.15 bits per heavy atom. The van der Waals surface area contributed by atoms with Gasteiger partial charge in [-0.2, -0.15) is 0 Å². The molecule has 27 heavy (non-hydrogen) atoms. The van der Waals surface area contributed by atoms with Crippen LogP contribution in [0, 0.1) is 18.6 Å². The van der Waals surface area contributed by atoms with Crippen molar-refractivity contribution in [2.45, 2.75) is 35.5 Å². The number of hydrogen-bond acceptors (Lipinski definition) is 4. The lowest BCUT2D eigenvalue weighted by atomic mass is 9.80. The van der Waals surface area contributed by atoms with Gasteiger partial charge in [-0.3, -0.25) is 4.79 Å². The third-order valence-electron chi connectivity index (χ3n) is 4.45. The number of carbonyl (C=O) groups is 2. The van der Waals surface area contributed by atoms with E-state index in [2.05, 4.69) is 5.32 Å². The van der Waals surface area contributed by atoms with Crippen molar-refractivity contribution in [2.75, 3.05) is 5.32 Å². The zero-order valence-electron chi connectivity index (χ0n) is 14.3. The molecule has 5 nitrogen and oxygen atoms in total. The molecule has 1 amide bonds. The number of carboxylic acid groups (broad SMARTS) is 1. The first-order valence-corrected chi connectivity index (χ1v) is 9.05. The van der Waals surface area contributed by atoms with E-state index in [1.807, 2.05) is 6.92 Å². The number of hydrogen-bond donors (Lipinski definition) is 3. The van der Waals surface area contributed by atoms with E-state index in [-0.39, 0.29) is 23.8 Å². The summed E-state index contributed by atoms with van der Waals surface area (Å²) in [5.74, 6) is -3.75. The molecule has 8 heteroatoms. The number of carbonyl (C=O) groups excluding carboxylic acids is 1. The second-order valence-corrected chi connectivity index (χ2v) is 7.89. The van der Waals surface area contributed by atoms with Crippen molar-refractivity contribution >= 4 is 29.3 Å². The number of halogens is 2. The molecule has 3 N–H and O–H groups in total. The number of carboxylic acids is 1. The molecule has 0 saturated heterocycles. The molecule has 2 aromatic carbocycles. The van der Waals surface area contributed by atoms with E-state index in [4.69, 9.17) is 5.11 Å². The van der Waals surface area contributed by atoms with Crippen molar-refractivity contribution in [3.05, 3.63) is 59.2 Å². The summed E-state index contributed by atoms with van der Waals surface area (Å²) >= 11 is 1.41. The van der Waals surface area contributed by atoms with Crippen molar-refractivity contribution in [1.29, 1.82) is 0 Å². The minimum atomic E-state index is -1.67. The molecule has 0 spiro atoms. The zero-order chi connectivity index (χ0) is 19.8. The molecule has 0 aromatic heterocycles. The number of aliphatic carboxylic acids is 1. The third-order valence-corrected chi connectivity index (χ3v) is 5.81. The first-order chi connectivity index (χ1) is 12.7. The molecule has 2 aromatic rings. The molecule has 0 aliphatic heterocycles. The summed E-state index contributed by atoms with van der Waals surface area (Å²) in [7, 11) is 0. The van der Waals surface area contributed by atoms with Crippen LogP contribution >= 0.6 is 11.8 Å². The molecule has 0 atom stereocenters. The van der Waals surface area contributed by atoms with Crippen molar-refractivity contribution in [3.63, 3.8) is 0 Å². The highest BCUT2D eigenvalue weighted by Crippen LogP contribution is 2.44. The first kappa shape index (κ1) is 19.3. The Hall–Kier alpha value is -2.45. The summed E-state index contributed by atoms with van der Waals surface area (Å²) in [6, 6.07) is 8.13. The van der Waals surface area contributed by atoms with E-state index >= 15 is 0 Å². The minimum Gasteiger partial charge on any atom is -0.479 e. The van der Waals surface area contributed by atoms with E-state index in [1.54, 1.807) is 18.2 Å². The Morgan fingerprint density at radius 2 is 1.85 bits per heavy atom. The van der Waals surface area contributed by atoms with Crippen molar-refractivity contribution in [1.82, 2.24) is 0 Å². The third kappa shape index (κ3) is 4.12. The molecular weight excluding hydrogens is 376 g/mol. The fourth-order valence-corrected chi connectivity index (χ4v) is 4.30. The van der Waals surface area contributed by atoms with Gasteiger partial charge in [0.2, 0.25) is 0 Å². The quantitative estimate of drug-likeness (QED) is 0.723.